The van der Waals surface area contributed by atoms with E-state index in [1.54, 1.807) is 18.2 Å². The number of carboxylic acids is 1. The van der Waals surface area contributed by atoms with Gasteiger partial charge in [-0.25, -0.2) is 0 Å². The zero-order valence-electron chi connectivity index (χ0n) is 10.8. The Hall–Kier alpha value is -2.01. The number of furan rings is 1. The molecule has 1 aromatic heterocycles. The predicted molar refractivity (Wildman–Crippen MR) is 72.9 cm³/mol. The molecule has 1 aromatic carbocycles. The summed E-state index contributed by atoms with van der Waals surface area (Å²) >= 11 is 6.01. The minimum absolute atomic E-state index is 0.00921. The van der Waals surface area contributed by atoms with Crippen LogP contribution in [0, 0.1) is 0 Å². The van der Waals surface area contributed by atoms with Crippen molar-refractivity contribution in [2.24, 2.45) is 0 Å². The third-order valence-corrected chi connectivity index (χ3v) is 3.40. The average Bonchev–Trinajstić information content (AvgIpc) is 2.88. The molecule has 0 saturated heterocycles. The summed E-state index contributed by atoms with van der Waals surface area (Å²) in [5, 5.41) is 10.2. The van der Waals surface area contributed by atoms with Gasteiger partial charge in [-0.3, -0.25) is 9.59 Å². The molecule has 0 aliphatic carbocycles. The van der Waals surface area contributed by atoms with Gasteiger partial charge in [0.05, 0.1) is 31.2 Å². The molecule has 1 unspecified atom stereocenters. The summed E-state index contributed by atoms with van der Waals surface area (Å²) in [6, 6.07) is 5.06. The molecule has 5 nitrogen and oxygen atoms in total. The number of benzene rings is 1. The molecular weight excluding hydrogens is 284 g/mol. The van der Waals surface area contributed by atoms with Crippen molar-refractivity contribution in [2.45, 2.75) is 18.8 Å². The van der Waals surface area contributed by atoms with Gasteiger partial charge in [-0.15, -0.1) is 0 Å². The first-order chi connectivity index (χ1) is 9.52. The van der Waals surface area contributed by atoms with Gasteiger partial charge in [-0.2, -0.15) is 0 Å². The number of halogens is 1. The molecule has 0 saturated carbocycles. The highest BCUT2D eigenvalue weighted by molar-refractivity contribution is 6.34. The van der Waals surface area contributed by atoms with Crippen LogP contribution in [-0.2, 0) is 14.3 Å². The molecule has 106 valence electrons. The van der Waals surface area contributed by atoms with Crippen LogP contribution in [0.25, 0.3) is 11.0 Å². The Morgan fingerprint density at radius 3 is 2.75 bits per heavy atom. The van der Waals surface area contributed by atoms with Crippen LogP contribution < -0.4 is 0 Å². The van der Waals surface area contributed by atoms with Crippen LogP contribution in [0.5, 0.6) is 0 Å². The number of hydrogen-bond acceptors (Lipinski definition) is 4. The molecule has 0 radical (unpaired) electrons. The number of rotatable bonds is 5. The van der Waals surface area contributed by atoms with Crippen LogP contribution in [0.2, 0.25) is 5.02 Å². The van der Waals surface area contributed by atoms with E-state index in [4.69, 9.17) is 21.1 Å². The summed E-state index contributed by atoms with van der Waals surface area (Å²) in [4.78, 5) is 22.4. The highest BCUT2D eigenvalue weighted by Crippen LogP contribution is 2.34. The smallest absolute Gasteiger partial charge is 0.306 e. The topological polar surface area (TPSA) is 76.7 Å². The highest BCUT2D eigenvalue weighted by atomic mass is 35.5. The van der Waals surface area contributed by atoms with E-state index < -0.39 is 17.9 Å². The van der Waals surface area contributed by atoms with Crippen molar-refractivity contribution in [3.63, 3.8) is 0 Å². The van der Waals surface area contributed by atoms with Crippen molar-refractivity contribution in [2.75, 3.05) is 7.11 Å². The number of esters is 1. The summed E-state index contributed by atoms with van der Waals surface area (Å²) in [5.41, 5.74) is 1.20. The van der Waals surface area contributed by atoms with Crippen molar-refractivity contribution >= 4 is 34.5 Å². The minimum Gasteiger partial charge on any atom is -0.481 e. The number of hydrogen-bond donors (Lipinski definition) is 1. The molecular formula is C14H13ClO5. The second-order valence-corrected chi connectivity index (χ2v) is 4.78. The SMILES string of the molecule is COC(=O)CC(CC(=O)O)c1ccc(Cl)c2occc12. The Labute approximate surface area is 120 Å². The molecule has 1 heterocycles. The van der Waals surface area contributed by atoms with Gasteiger partial charge in [-0.1, -0.05) is 17.7 Å². The zero-order valence-corrected chi connectivity index (χ0v) is 11.5. The van der Waals surface area contributed by atoms with Crippen molar-refractivity contribution in [1.29, 1.82) is 0 Å². The Morgan fingerprint density at radius 2 is 2.10 bits per heavy atom. The quantitative estimate of drug-likeness (QED) is 0.857. The number of carbonyl (C=O) groups is 2. The number of ether oxygens (including phenoxy) is 1. The highest BCUT2D eigenvalue weighted by Gasteiger charge is 2.23. The lowest BCUT2D eigenvalue weighted by molar-refractivity contribution is -0.141. The van der Waals surface area contributed by atoms with Gasteiger partial charge >= 0.3 is 11.9 Å². The summed E-state index contributed by atoms with van der Waals surface area (Å²) in [6.07, 6.45) is 1.30. The van der Waals surface area contributed by atoms with Gasteiger partial charge in [0, 0.05) is 11.3 Å². The molecule has 1 atom stereocenters. The standard InChI is InChI=1S/C14H13ClO5/c1-19-13(18)7-8(6-12(16)17)9-2-3-11(15)14-10(9)4-5-20-14/h2-5,8H,6-7H2,1H3,(H,16,17). The van der Waals surface area contributed by atoms with E-state index in [0.29, 0.717) is 21.6 Å². The van der Waals surface area contributed by atoms with E-state index in [9.17, 15) is 9.59 Å². The molecule has 0 amide bonds. The number of aliphatic carboxylic acids is 1. The molecule has 0 aliphatic rings. The van der Waals surface area contributed by atoms with Crippen LogP contribution >= 0.6 is 11.6 Å². The second-order valence-electron chi connectivity index (χ2n) is 4.38. The van der Waals surface area contributed by atoms with Crippen molar-refractivity contribution in [3.8, 4) is 0 Å². The van der Waals surface area contributed by atoms with Crippen LogP contribution in [0.4, 0.5) is 0 Å². The maximum atomic E-state index is 11.5. The van der Waals surface area contributed by atoms with E-state index in [2.05, 4.69) is 4.74 Å². The minimum atomic E-state index is -0.981. The fourth-order valence-electron chi connectivity index (χ4n) is 2.19. The van der Waals surface area contributed by atoms with E-state index in [-0.39, 0.29) is 12.8 Å². The first-order valence-electron chi connectivity index (χ1n) is 5.97. The summed E-state index contributed by atoms with van der Waals surface area (Å²) in [7, 11) is 1.27. The zero-order chi connectivity index (χ0) is 14.7. The van der Waals surface area contributed by atoms with Crippen LogP contribution in [-0.4, -0.2) is 24.2 Å². The van der Waals surface area contributed by atoms with Crippen LogP contribution in [0.1, 0.15) is 24.3 Å². The molecule has 0 bridgehead atoms. The van der Waals surface area contributed by atoms with Crippen LogP contribution in [0.15, 0.2) is 28.9 Å². The van der Waals surface area contributed by atoms with Crippen molar-refractivity contribution in [3.05, 3.63) is 35.0 Å². The molecule has 6 heteroatoms. The maximum absolute atomic E-state index is 11.5. The molecule has 2 rings (SSSR count). The normalized spacial score (nSPS) is 12.3. The molecule has 0 aliphatic heterocycles. The van der Waals surface area contributed by atoms with E-state index >= 15 is 0 Å². The second kappa shape index (κ2) is 5.96. The number of carboxylic acid groups (broad SMARTS) is 1. The van der Waals surface area contributed by atoms with Crippen LogP contribution in [0.3, 0.4) is 0 Å². The number of methoxy groups -OCH3 is 1. The first-order valence-corrected chi connectivity index (χ1v) is 6.35. The Kier molecular flexibility index (Phi) is 4.29. The van der Waals surface area contributed by atoms with Gasteiger partial charge < -0.3 is 14.3 Å². The summed E-state index contributed by atoms with van der Waals surface area (Å²) in [6.45, 7) is 0. The third-order valence-electron chi connectivity index (χ3n) is 3.10. The van der Waals surface area contributed by atoms with Gasteiger partial charge in [0.2, 0.25) is 0 Å². The lowest BCUT2D eigenvalue weighted by Gasteiger charge is -2.15. The first kappa shape index (κ1) is 14.4. The lowest BCUT2D eigenvalue weighted by Crippen LogP contribution is -2.13. The predicted octanol–water partition coefficient (Wildman–Crippen LogP) is 3.21. The average molecular weight is 297 g/mol. The van der Waals surface area contributed by atoms with E-state index in [1.165, 1.54) is 13.4 Å². The fraction of sp³-hybridized carbons (Fsp3) is 0.286. The van der Waals surface area contributed by atoms with Crippen molar-refractivity contribution in [1.82, 2.24) is 0 Å². The van der Waals surface area contributed by atoms with E-state index in [1.807, 2.05) is 0 Å². The lowest BCUT2D eigenvalue weighted by atomic mass is 9.90. The van der Waals surface area contributed by atoms with Gasteiger partial charge in [0.1, 0.15) is 0 Å². The third kappa shape index (κ3) is 2.93. The van der Waals surface area contributed by atoms with Gasteiger partial charge in [-0.05, 0) is 17.7 Å². The molecule has 20 heavy (non-hydrogen) atoms. The monoisotopic (exact) mass is 296 g/mol. The number of carbonyl (C=O) groups excluding carboxylic acids is 1. The van der Waals surface area contributed by atoms with E-state index in [0.717, 1.165) is 0 Å². The Morgan fingerprint density at radius 1 is 1.35 bits per heavy atom. The molecule has 1 N–H and O–H groups in total. The van der Waals surface area contributed by atoms with Crippen molar-refractivity contribution < 1.29 is 23.8 Å². The summed E-state index contributed by atoms with van der Waals surface area (Å²) in [5.74, 6) is -1.93. The summed E-state index contributed by atoms with van der Waals surface area (Å²) < 4.78 is 9.90. The Bertz CT molecular complexity index is 646. The molecule has 0 spiro atoms. The largest absolute Gasteiger partial charge is 0.481 e. The maximum Gasteiger partial charge on any atom is 0.306 e. The van der Waals surface area contributed by atoms with Gasteiger partial charge in [0.15, 0.2) is 5.58 Å². The Balaban J connectivity index is 2.44. The molecule has 0 fully saturated rings. The number of fused-ring (bicyclic) bond motifs is 1. The molecule has 2 aromatic rings. The van der Waals surface area contributed by atoms with Gasteiger partial charge in [0.25, 0.3) is 0 Å². The fourth-order valence-corrected chi connectivity index (χ4v) is 2.40.